The van der Waals surface area contributed by atoms with Crippen molar-refractivity contribution in [1.82, 2.24) is 5.32 Å². The van der Waals surface area contributed by atoms with Gasteiger partial charge in [0.15, 0.2) is 0 Å². The summed E-state index contributed by atoms with van der Waals surface area (Å²) in [5.41, 5.74) is 1.28. The topological polar surface area (TPSA) is 21.3 Å². The van der Waals surface area contributed by atoms with Gasteiger partial charge in [-0.05, 0) is 54.6 Å². The monoisotopic (exact) mass is 291 g/mol. The third-order valence-corrected chi connectivity index (χ3v) is 4.70. The predicted molar refractivity (Wildman–Crippen MR) is 81.5 cm³/mol. The molecular weight excluding hydrogens is 273 g/mol. The molecule has 1 unspecified atom stereocenters. The Labute approximate surface area is 122 Å². The van der Waals surface area contributed by atoms with Gasteiger partial charge in [0.2, 0.25) is 0 Å². The van der Waals surface area contributed by atoms with E-state index in [0.717, 1.165) is 36.1 Å². The van der Waals surface area contributed by atoms with E-state index in [4.69, 9.17) is 4.74 Å². The van der Waals surface area contributed by atoms with Crippen molar-refractivity contribution < 1.29 is 9.13 Å². The summed E-state index contributed by atoms with van der Waals surface area (Å²) in [6, 6.07) is 7.25. The molecule has 20 heavy (non-hydrogen) atoms. The second-order valence-electron chi connectivity index (χ2n) is 4.99. The number of benzene rings is 1. The van der Waals surface area contributed by atoms with Gasteiger partial charge in [0.25, 0.3) is 0 Å². The quantitative estimate of drug-likeness (QED) is 0.902. The molecule has 4 heteroatoms. The smallest absolute Gasteiger partial charge is 0.123 e. The highest BCUT2D eigenvalue weighted by Gasteiger charge is 2.20. The average Bonchev–Trinajstić information content (AvgIpc) is 2.88. The lowest BCUT2D eigenvalue weighted by Crippen LogP contribution is -2.23. The van der Waals surface area contributed by atoms with Crippen LogP contribution in [0.1, 0.15) is 30.7 Å². The molecule has 1 atom stereocenters. The number of hydrogen-bond donors (Lipinski definition) is 1. The van der Waals surface area contributed by atoms with Gasteiger partial charge in [0.05, 0.1) is 18.9 Å². The van der Waals surface area contributed by atoms with Crippen molar-refractivity contribution >= 4 is 21.4 Å². The lowest BCUT2D eigenvalue weighted by atomic mass is 10.0. The Morgan fingerprint density at radius 1 is 1.40 bits per heavy atom. The van der Waals surface area contributed by atoms with Crippen LogP contribution in [0.2, 0.25) is 0 Å². The Morgan fingerprint density at radius 2 is 2.30 bits per heavy atom. The maximum Gasteiger partial charge on any atom is 0.123 e. The molecule has 2 aromatic rings. The minimum absolute atomic E-state index is 0.179. The molecule has 1 aliphatic heterocycles. The van der Waals surface area contributed by atoms with Crippen molar-refractivity contribution in [2.24, 2.45) is 0 Å². The summed E-state index contributed by atoms with van der Waals surface area (Å²) in [6.07, 6.45) is 4.01. The average molecular weight is 291 g/mol. The van der Waals surface area contributed by atoms with E-state index >= 15 is 0 Å². The zero-order chi connectivity index (χ0) is 13.9. The summed E-state index contributed by atoms with van der Waals surface area (Å²) in [4.78, 5) is 1.23. The first-order chi connectivity index (χ1) is 9.78. The minimum atomic E-state index is -0.179. The Bertz CT molecular complexity index is 634. The van der Waals surface area contributed by atoms with Crippen LogP contribution in [-0.4, -0.2) is 13.2 Å². The molecule has 3 rings (SSSR count). The molecule has 106 valence electrons. The summed E-state index contributed by atoms with van der Waals surface area (Å²) >= 11 is 1.72. The zero-order valence-corrected chi connectivity index (χ0v) is 12.3. The highest BCUT2D eigenvalue weighted by atomic mass is 32.1. The van der Waals surface area contributed by atoms with E-state index in [1.807, 2.05) is 12.3 Å². The van der Waals surface area contributed by atoms with E-state index in [9.17, 15) is 4.39 Å². The van der Waals surface area contributed by atoms with Gasteiger partial charge in [-0.15, -0.1) is 11.3 Å². The van der Waals surface area contributed by atoms with Gasteiger partial charge >= 0.3 is 0 Å². The molecular formula is C16H18FNOS. The summed E-state index contributed by atoms with van der Waals surface area (Å²) in [7, 11) is 0. The van der Waals surface area contributed by atoms with Crippen molar-refractivity contribution in [3.63, 3.8) is 0 Å². The molecule has 2 nitrogen and oxygen atoms in total. The molecule has 0 aliphatic carbocycles. The maximum absolute atomic E-state index is 13.3. The molecule has 0 spiro atoms. The molecule has 1 aromatic carbocycles. The van der Waals surface area contributed by atoms with Crippen LogP contribution in [0.4, 0.5) is 4.39 Å². The number of thiophene rings is 1. The molecule has 0 bridgehead atoms. The van der Waals surface area contributed by atoms with E-state index in [-0.39, 0.29) is 11.9 Å². The molecule has 0 saturated heterocycles. The normalized spacial score (nSPS) is 16.8. The van der Waals surface area contributed by atoms with Crippen LogP contribution in [-0.2, 0) is 4.74 Å². The van der Waals surface area contributed by atoms with Gasteiger partial charge in [-0.1, -0.05) is 6.92 Å². The molecule has 1 N–H and O–H groups in total. The van der Waals surface area contributed by atoms with Crippen molar-refractivity contribution in [2.75, 3.05) is 13.2 Å². The van der Waals surface area contributed by atoms with Crippen LogP contribution in [0, 0.1) is 5.82 Å². The fraction of sp³-hybridized carbons (Fsp3) is 0.375. The molecule has 1 aromatic heterocycles. The second-order valence-corrected chi connectivity index (χ2v) is 6.10. The van der Waals surface area contributed by atoms with E-state index in [1.54, 1.807) is 17.4 Å². The number of hydrogen-bond acceptors (Lipinski definition) is 3. The lowest BCUT2D eigenvalue weighted by molar-refractivity contribution is 0.219. The van der Waals surface area contributed by atoms with E-state index in [0.29, 0.717) is 0 Å². The van der Waals surface area contributed by atoms with Gasteiger partial charge in [-0.3, -0.25) is 0 Å². The van der Waals surface area contributed by atoms with Crippen molar-refractivity contribution in [3.8, 4) is 0 Å². The number of likely N-dealkylation sites (N-methyl/N-ethyl adjacent to an activating group) is 1. The Morgan fingerprint density at radius 3 is 3.05 bits per heavy atom. The fourth-order valence-electron chi connectivity index (χ4n) is 2.59. The van der Waals surface area contributed by atoms with Gasteiger partial charge in [0.1, 0.15) is 5.82 Å². The highest BCUT2D eigenvalue weighted by Crippen LogP contribution is 2.35. The maximum atomic E-state index is 13.3. The van der Waals surface area contributed by atoms with Crippen LogP contribution in [0.15, 0.2) is 36.1 Å². The number of fused-ring (bicyclic) bond motifs is 1. The summed E-state index contributed by atoms with van der Waals surface area (Å²) in [5, 5.41) is 4.49. The molecule has 0 radical (unpaired) electrons. The standard InChI is InChI=1S/C16H18FNOS/c1-2-18-16(11-4-3-7-19-10-11)15-9-12-8-13(17)5-6-14(12)20-15/h5-6,8-10,16,18H,2-4,7H2,1H3. The molecule has 1 aliphatic rings. The Balaban J connectivity index is 1.98. The van der Waals surface area contributed by atoms with E-state index in [1.165, 1.54) is 16.5 Å². The fourth-order valence-corrected chi connectivity index (χ4v) is 3.76. The number of rotatable bonds is 4. The van der Waals surface area contributed by atoms with Gasteiger partial charge in [-0.25, -0.2) is 4.39 Å². The van der Waals surface area contributed by atoms with Crippen LogP contribution in [0.3, 0.4) is 0 Å². The molecule has 0 amide bonds. The van der Waals surface area contributed by atoms with Crippen LogP contribution < -0.4 is 5.32 Å². The summed E-state index contributed by atoms with van der Waals surface area (Å²) in [6.45, 7) is 3.80. The molecule has 0 saturated carbocycles. The zero-order valence-electron chi connectivity index (χ0n) is 11.5. The first-order valence-electron chi connectivity index (χ1n) is 7.01. The van der Waals surface area contributed by atoms with Crippen LogP contribution in [0.5, 0.6) is 0 Å². The van der Waals surface area contributed by atoms with Crippen molar-refractivity contribution in [1.29, 1.82) is 0 Å². The Hall–Kier alpha value is -1.39. The van der Waals surface area contributed by atoms with Gasteiger partial charge in [0, 0.05) is 9.58 Å². The van der Waals surface area contributed by atoms with Crippen molar-refractivity contribution in [3.05, 3.63) is 46.8 Å². The van der Waals surface area contributed by atoms with Crippen LogP contribution >= 0.6 is 11.3 Å². The van der Waals surface area contributed by atoms with E-state index < -0.39 is 0 Å². The largest absolute Gasteiger partial charge is 0.501 e. The third-order valence-electron chi connectivity index (χ3n) is 3.52. The lowest BCUT2D eigenvalue weighted by Gasteiger charge is -2.23. The minimum Gasteiger partial charge on any atom is -0.501 e. The number of nitrogens with one attached hydrogen (secondary N) is 1. The van der Waals surface area contributed by atoms with E-state index in [2.05, 4.69) is 18.3 Å². The highest BCUT2D eigenvalue weighted by molar-refractivity contribution is 7.19. The third kappa shape index (κ3) is 2.72. The van der Waals surface area contributed by atoms with Crippen molar-refractivity contribution in [2.45, 2.75) is 25.8 Å². The number of halogens is 1. The summed E-state index contributed by atoms with van der Waals surface area (Å²) in [5.74, 6) is -0.179. The first kappa shape index (κ1) is 13.6. The number of ether oxygens (including phenoxy) is 1. The molecule has 0 fully saturated rings. The first-order valence-corrected chi connectivity index (χ1v) is 7.82. The SMILES string of the molecule is CCNC(C1=COCCC1)c1cc2cc(F)ccc2s1. The predicted octanol–water partition coefficient (Wildman–Crippen LogP) is 4.39. The van der Waals surface area contributed by atoms with Crippen LogP contribution in [0.25, 0.3) is 10.1 Å². The summed E-state index contributed by atoms with van der Waals surface area (Å²) < 4.78 is 19.9. The second kappa shape index (κ2) is 5.94. The van der Waals surface area contributed by atoms with Gasteiger partial charge in [-0.2, -0.15) is 0 Å². The van der Waals surface area contributed by atoms with Gasteiger partial charge < -0.3 is 10.1 Å². The Kier molecular flexibility index (Phi) is 4.03. The molecule has 2 heterocycles.